The zero-order valence-corrected chi connectivity index (χ0v) is 18.0. The number of benzene rings is 1. The summed E-state index contributed by atoms with van der Waals surface area (Å²) in [6, 6.07) is 8.47. The first kappa shape index (κ1) is 23.3. The summed E-state index contributed by atoms with van der Waals surface area (Å²) in [7, 11) is -3.85. The largest absolute Gasteiger partial charge is 0.426 e. The van der Waals surface area contributed by atoms with Gasteiger partial charge < -0.3 is 10.1 Å². The molecule has 2 rings (SSSR count). The Morgan fingerprint density at radius 2 is 1.79 bits per heavy atom. The average Bonchev–Trinajstić information content (AvgIpc) is 2.69. The summed E-state index contributed by atoms with van der Waals surface area (Å²) in [6.07, 6.45) is 6.58. The number of para-hydroxylation sites is 1. The summed E-state index contributed by atoms with van der Waals surface area (Å²) in [5, 5.41) is 2.81. The molecule has 0 heterocycles. The van der Waals surface area contributed by atoms with Crippen LogP contribution in [-0.2, 0) is 23.9 Å². The monoisotopic (exact) mass is 425 g/mol. The molecule has 162 valence electrons. The molecule has 0 aromatic heterocycles. The van der Waals surface area contributed by atoms with E-state index in [1.54, 1.807) is 30.3 Å². The Kier molecular flexibility index (Phi) is 8.64. The Hall–Kier alpha value is -1.93. The van der Waals surface area contributed by atoms with Gasteiger partial charge in [0.15, 0.2) is 5.41 Å². The fourth-order valence-electron chi connectivity index (χ4n) is 3.71. The van der Waals surface area contributed by atoms with Gasteiger partial charge in [0.2, 0.25) is 5.91 Å². The van der Waals surface area contributed by atoms with Gasteiger partial charge in [-0.1, -0.05) is 50.8 Å². The third kappa shape index (κ3) is 6.54. The van der Waals surface area contributed by atoms with Crippen LogP contribution in [0, 0.1) is 11.3 Å². The lowest BCUT2D eigenvalue weighted by Crippen LogP contribution is -2.56. The van der Waals surface area contributed by atoms with E-state index >= 15 is 0 Å². The quantitative estimate of drug-likeness (QED) is 0.203. The second kappa shape index (κ2) is 10.7. The normalized spacial score (nSPS) is 17.3. The second-order valence-corrected chi connectivity index (χ2v) is 9.23. The number of ether oxygens (including phenoxy) is 1. The summed E-state index contributed by atoms with van der Waals surface area (Å²) in [5.41, 5.74) is -1.72. The molecule has 1 aliphatic rings. The van der Waals surface area contributed by atoms with Crippen LogP contribution in [0.1, 0.15) is 51.9 Å². The number of hydrogen-bond acceptors (Lipinski definition) is 6. The Morgan fingerprint density at radius 3 is 2.38 bits per heavy atom. The fourth-order valence-corrected chi connectivity index (χ4v) is 4.11. The number of nitrogens with one attached hydrogen (secondary N) is 1. The lowest BCUT2D eigenvalue weighted by Gasteiger charge is -2.38. The standard InChI is InChI=1S/C21H31NO6S/c1-3-4-15-22-19(23)21(16-27-29(2,25)26,17-11-7-5-8-12-17)20(24)28-18-13-9-6-10-14-18/h6,9-10,13-14,17H,3-5,7-8,11-12,15-16H2,1-2H3,(H,22,23). The molecule has 0 bridgehead atoms. The van der Waals surface area contributed by atoms with Crippen molar-refractivity contribution in [2.24, 2.45) is 11.3 Å². The van der Waals surface area contributed by atoms with Crippen LogP contribution in [0.2, 0.25) is 0 Å². The van der Waals surface area contributed by atoms with Crippen molar-refractivity contribution in [2.75, 3.05) is 19.4 Å². The van der Waals surface area contributed by atoms with Crippen LogP contribution in [0.5, 0.6) is 5.75 Å². The van der Waals surface area contributed by atoms with Gasteiger partial charge in [-0.15, -0.1) is 0 Å². The summed E-state index contributed by atoms with van der Waals surface area (Å²) in [6.45, 7) is 1.85. The number of carbonyl (C=O) groups excluding carboxylic acids is 2. The topological polar surface area (TPSA) is 98.8 Å². The molecule has 1 aromatic carbocycles. The van der Waals surface area contributed by atoms with Gasteiger partial charge in [-0.25, -0.2) is 0 Å². The Labute approximate surface area is 173 Å². The van der Waals surface area contributed by atoms with E-state index in [4.69, 9.17) is 8.92 Å². The molecule has 29 heavy (non-hydrogen) atoms. The highest BCUT2D eigenvalue weighted by atomic mass is 32.2. The van der Waals surface area contributed by atoms with Crippen LogP contribution in [0.15, 0.2) is 30.3 Å². The number of unbranched alkanes of at least 4 members (excludes halogenated alkanes) is 1. The maximum atomic E-state index is 13.4. The lowest BCUT2D eigenvalue weighted by atomic mass is 9.68. The molecular weight excluding hydrogens is 394 g/mol. The van der Waals surface area contributed by atoms with Crippen LogP contribution in [-0.4, -0.2) is 39.7 Å². The molecule has 1 amide bonds. The van der Waals surface area contributed by atoms with Crippen molar-refractivity contribution in [3.63, 3.8) is 0 Å². The number of esters is 1. The third-order valence-corrected chi connectivity index (χ3v) is 5.89. The smallest absolute Gasteiger partial charge is 0.329 e. The Morgan fingerprint density at radius 1 is 1.14 bits per heavy atom. The van der Waals surface area contributed by atoms with Crippen molar-refractivity contribution in [3.05, 3.63) is 30.3 Å². The predicted molar refractivity (Wildman–Crippen MR) is 110 cm³/mol. The van der Waals surface area contributed by atoms with Gasteiger partial charge in [0, 0.05) is 6.54 Å². The minimum atomic E-state index is -3.85. The van der Waals surface area contributed by atoms with E-state index in [1.165, 1.54) is 0 Å². The number of carbonyl (C=O) groups is 2. The number of rotatable bonds is 10. The predicted octanol–water partition coefficient (Wildman–Crippen LogP) is 3.05. The van der Waals surface area contributed by atoms with Crippen LogP contribution in [0.4, 0.5) is 0 Å². The SMILES string of the molecule is CCCCNC(=O)C(COS(C)(=O)=O)(C(=O)Oc1ccccc1)C1CCCCC1. The molecule has 0 spiro atoms. The van der Waals surface area contributed by atoms with Gasteiger partial charge in [-0.05, 0) is 37.3 Å². The van der Waals surface area contributed by atoms with Crippen molar-refractivity contribution >= 4 is 22.0 Å². The van der Waals surface area contributed by atoms with Crippen molar-refractivity contribution in [2.45, 2.75) is 51.9 Å². The lowest BCUT2D eigenvalue weighted by molar-refractivity contribution is -0.161. The van der Waals surface area contributed by atoms with Gasteiger partial charge in [0.05, 0.1) is 12.9 Å². The van der Waals surface area contributed by atoms with Crippen molar-refractivity contribution in [1.82, 2.24) is 5.32 Å². The van der Waals surface area contributed by atoms with Gasteiger partial charge in [0.1, 0.15) is 5.75 Å². The summed E-state index contributed by atoms with van der Waals surface area (Å²) < 4.78 is 34.0. The van der Waals surface area contributed by atoms with E-state index in [-0.39, 0.29) is 5.92 Å². The molecule has 1 fully saturated rings. The minimum absolute atomic E-state index is 0.304. The van der Waals surface area contributed by atoms with E-state index < -0.39 is 34.0 Å². The Bertz CT molecular complexity index is 774. The van der Waals surface area contributed by atoms with E-state index in [9.17, 15) is 18.0 Å². The van der Waals surface area contributed by atoms with Crippen LogP contribution in [0.3, 0.4) is 0 Å². The van der Waals surface area contributed by atoms with Crippen LogP contribution >= 0.6 is 0 Å². The molecule has 0 aliphatic heterocycles. The van der Waals surface area contributed by atoms with Gasteiger partial charge in [0.25, 0.3) is 10.1 Å². The molecule has 1 N–H and O–H groups in total. The highest BCUT2D eigenvalue weighted by Gasteiger charge is 2.54. The molecule has 0 radical (unpaired) electrons. The number of hydrogen-bond donors (Lipinski definition) is 1. The first-order valence-corrected chi connectivity index (χ1v) is 12.0. The first-order chi connectivity index (χ1) is 13.8. The maximum Gasteiger partial charge on any atom is 0.329 e. The molecule has 7 nitrogen and oxygen atoms in total. The molecule has 8 heteroatoms. The van der Waals surface area contributed by atoms with Crippen molar-refractivity contribution in [3.8, 4) is 5.75 Å². The van der Waals surface area contributed by atoms with Crippen LogP contribution < -0.4 is 10.1 Å². The third-order valence-electron chi connectivity index (χ3n) is 5.34. The summed E-state index contributed by atoms with van der Waals surface area (Å²) in [5.74, 6) is -1.34. The second-order valence-electron chi connectivity index (χ2n) is 7.58. The highest BCUT2D eigenvalue weighted by molar-refractivity contribution is 7.85. The zero-order chi connectivity index (χ0) is 21.3. The van der Waals surface area contributed by atoms with Gasteiger partial charge in [-0.3, -0.25) is 13.8 Å². The molecular formula is C21H31NO6S. The molecule has 1 saturated carbocycles. The van der Waals surface area contributed by atoms with Gasteiger partial charge >= 0.3 is 5.97 Å². The summed E-state index contributed by atoms with van der Waals surface area (Å²) in [4.78, 5) is 26.7. The molecule has 0 saturated heterocycles. The summed E-state index contributed by atoms with van der Waals surface area (Å²) >= 11 is 0. The molecule has 1 aromatic rings. The van der Waals surface area contributed by atoms with Crippen molar-refractivity contribution < 1.29 is 26.9 Å². The fraction of sp³-hybridized carbons (Fsp3) is 0.619. The van der Waals surface area contributed by atoms with E-state index in [1.807, 2.05) is 6.92 Å². The molecule has 1 unspecified atom stereocenters. The van der Waals surface area contributed by atoms with Crippen LogP contribution in [0.25, 0.3) is 0 Å². The number of amides is 1. The van der Waals surface area contributed by atoms with E-state index in [0.717, 1.165) is 38.4 Å². The Balaban J connectivity index is 2.40. The highest BCUT2D eigenvalue weighted by Crippen LogP contribution is 2.41. The molecule has 1 aliphatic carbocycles. The molecule has 1 atom stereocenters. The first-order valence-electron chi connectivity index (χ1n) is 10.2. The van der Waals surface area contributed by atoms with E-state index in [2.05, 4.69) is 5.32 Å². The maximum absolute atomic E-state index is 13.4. The van der Waals surface area contributed by atoms with Crippen molar-refractivity contribution in [1.29, 1.82) is 0 Å². The average molecular weight is 426 g/mol. The van der Waals surface area contributed by atoms with Gasteiger partial charge in [-0.2, -0.15) is 8.42 Å². The van der Waals surface area contributed by atoms with E-state index in [0.29, 0.717) is 25.1 Å². The zero-order valence-electron chi connectivity index (χ0n) is 17.2. The minimum Gasteiger partial charge on any atom is -0.426 e.